The van der Waals surface area contributed by atoms with Gasteiger partial charge in [0.15, 0.2) is 24.2 Å². The number of aliphatic imine (C=N–C) groups is 5. The third kappa shape index (κ3) is 35.6. The maximum atomic E-state index is 12.4. The number of carbonyl (C=O) groups is 4. The average molecular weight is 1400 g/mol. The Hall–Kier alpha value is -12.1. The largest absolute Gasteiger partial charge is 0.481 e. The minimum Gasteiger partial charge on any atom is -0.481 e. The van der Waals surface area contributed by atoms with Crippen molar-refractivity contribution in [1.82, 2.24) is 0 Å². The minimum atomic E-state index is -0.880. The Morgan fingerprint density at radius 1 is 0.564 bits per heavy atom. The van der Waals surface area contributed by atoms with Crippen LogP contribution in [0.25, 0.3) is 0 Å². The van der Waals surface area contributed by atoms with Gasteiger partial charge in [-0.15, -0.1) is 0 Å². The summed E-state index contributed by atoms with van der Waals surface area (Å²) in [5.74, 6) is -0.492. The average Bonchev–Trinajstić information content (AvgIpc) is 0.806. The number of nitrogens with zero attached hydrogens (tertiary/aromatic N) is 10. The second-order valence-corrected chi connectivity index (χ2v) is 18.4. The first-order valence-electron chi connectivity index (χ1n) is 32.4. The maximum absolute atomic E-state index is 12.4. The van der Waals surface area contributed by atoms with Crippen molar-refractivity contribution in [3.8, 4) is 0 Å². The molecular weight excluding hydrogens is 1300 g/mol. The first kappa shape index (κ1) is 95.3. The number of fused-ring (bicyclic) bond motifs is 3. The Morgan fingerprint density at radius 2 is 0.911 bits per heavy atom. The highest BCUT2D eigenvalue weighted by atomic mass is 19.1. The molecule has 30 heteroatoms. The van der Waals surface area contributed by atoms with Crippen molar-refractivity contribution in [2.24, 2.45) is 59.4 Å². The van der Waals surface area contributed by atoms with Gasteiger partial charge >= 0.3 is 11.7 Å². The molecular formula is C71H103FN18O11. The van der Waals surface area contributed by atoms with Crippen LogP contribution in [0.5, 0.6) is 0 Å². The Bertz CT molecular complexity index is 3610. The van der Waals surface area contributed by atoms with Crippen LogP contribution in [-0.2, 0) is 19.2 Å². The molecule has 0 aromatic heterocycles. The third-order valence-electron chi connectivity index (χ3n) is 12.0. The van der Waals surface area contributed by atoms with E-state index in [1.165, 1.54) is 36.4 Å². The highest BCUT2D eigenvalue weighted by Gasteiger charge is 2.29. The SMILES string of the molecule is C/C=C\C(N)=Nc1ccccc1[N+](=O)[O-].CC.CC.CC.CC.CC.CC.CC(=O)CC1C(N)=Nc2ccccc2N1C.CCC1Nc2ccccc2N=C1N.CN1c2ccccc2N=C(N)C1CC(=O)O.N=C(N)C=O.NC(C=O)=Nc1ccccc1[N+](=O)[O-].O=[N+]([O-])c1ccccc1F. The number of Topliss-reactive ketones (excluding diaryl/α,β-unsaturated/α-hetero) is 1. The molecule has 3 atom stereocenters. The fraction of sp³-hybridized carbons (Fsp3) is 0.324. The Balaban J connectivity index is -0.000000537. The van der Waals surface area contributed by atoms with E-state index in [1.54, 1.807) is 50.3 Å². The van der Waals surface area contributed by atoms with Crippen LogP contribution in [-0.4, -0.2) is 111 Å². The van der Waals surface area contributed by atoms with E-state index in [0.717, 1.165) is 52.7 Å². The summed E-state index contributed by atoms with van der Waals surface area (Å²) < 4.78 is 12.4. The first-order chi connectivity index (χ1) is 48.3. The summed E-state index contributed by atoms with van der Waals surface area (Å²) in [6.45, 7) is 29.5. The van der Waals surface area contributed by atoms with Gasteiger partial charge in [0.05, 0.1) is 73.4 Å². The van der Waals surface area contributed by atoms with Crippen molar-refractivity contribution in [2.75, 3.05) is 29.2 Å². The Labute approximate surface area is 592 Å². The number of anilines is 3. The molecule has 0 saturated heterocycles. The zero-order chi connectivity index (χ0) is 78.3. The summed E-state index contributed by atoms with van der Waals surface area (Å²) in [4.78, 5) is 94.8. The van der Waals surface area contributed by atoms with Crippen LogP contribution in [0.3, 0.4) is 0 Å². The number of carbonyl (C=O) groups excluding carboxylic acids is 3. The van der Waals surface area contributed by atoms with E-state index >= 15 is 0 Å². The minimum absolute atomic E-state index is 0.0415. The number of carboxylic acid groups (broad SMARTS) is 1. The molecule has 0 saturated carbocycles. The van der Waals surface area contributed by atoms with Gasteiger partial charge in [0.1, 0.15) is 40.5 Å². The van der Waals surface area contributed by atoms with Crippen molar-refractivity contribution in [3.05, 3.63) is 194 Å². The summed E-state index contributed by atoms with van der Waals surface area (Å²) in [5, 5.41) is 49.4. The molecule has 0 aliphatic carbocycles. The number of nitro groups is 3. The maximum Gasteiger partial charge on any atom is 0.305 e. The highest BCUT2D eigenvalue weighted by Crippen LogP contribution is 2.35. The molecule has 101 heavy (non-hydrogen) atoms. The van der Waals surface area contributed by atoms with Gasteiger partial charge in [-0.25, -0.2) is 25.0 Å². The van der Waals surface area contributed by atoms with E-state index in [9.17, 15) is 49.1 Å². The lowest BCUT2D eigenvalue weighted by molar-refractivity contribution is -0.387. The van der Waals surface area contributed by atoms with Crippen LogP contribution in [0.2, 0.25) is 0 Å². The highest BCUT2D eigenvalue weighted by molar-refractivity contribution is 6.27. The normalized spacial score (nSPS) is 13.5. The van der Waals surface area contributed by atoms with E-state index in [0.29, 0.717) is 30.2 Å². The van der Waals surface area contributed by atoms with Crippen molar-refractivity contribution in [3.63, 3.8) is 0 Å². The van der Waals surface area contributed by atoms with Crippen LogP contribution in [0.15, 0.2) is 183 Å². The van der Waals surface area contributed by atoms with Crippen LogP contribution in [0.4, 0.5) is 67.0 Å². The number of aldehydes is 2. The number of aliphatic carboxylic acids is 1. The molecule has 3 aliphatic heterocycles. The number of carboxylic acids is 1. The van der Waals surface area contributed by atoms with E-state index in [2.05, 4.69) is 42.9 Å². The number of allylic oxidation sites excluding steroid dienone is 1. The monoisotopic (exact) mass is 1400 g/mol. The van der Waals surface area contributed by atoms with E-state index in [-0.39, 0.29) is 71.0 Å². The molecule has 3 heterocycles. The molecule has 3 aliphatic rings. The van der Waals surface area contributed by atoms with Crippen LogP contribution < -0.4 is 49.5 Å². The number of rotatable bonds is 13. The summed E-state index contributed by atoms with van der Waals surface area (Å²) >= 11 is 0. The fourth-order valence-corrected chi connectivity index (χ4v) is 7.82. The van der Waals surface area contributed by atoms with Gasteiger partial charge in [0.25, 0.3) is 11.4 Å². The second kappa shape index (κ2) is 56.0. The first-order valence-corrected chi connectivity index (χ1v) is 32.4. The number of ketones is 1. The molecule has 9 rings (SSSR count). The zero-order valence-electron chi connectivity index (χ0n) is 60.9. The molecule has 15 N–H and O–H groups in total. The third-order valence-corrected chi connectivity index (χ3v) is 12.0. The van der Waals surface area contributed by atoms with Crippen molar-refractivity contribution in [2.45, 2.75) is 141 Å². The molecule has 0 bridgehead atoms. The van der Waals surface area contributed by atoms with Gasteiger partial charge < -0.3 is 54.6 Å². The number of halogens is 1. The summed E-state index contributed by atoms with van der Waals surface area (Å²) in [6, 6.07) is 39.9. The van der Waals surface area contributed by atoms with Gasteiger partial charge in [-0.2, -0.15) is 4.39 Å². The predicted octanol–water partition coefficient (Wildman–Crippen LogP) is 14.3. The van der Waals surface area contributed by atoms with Crippen molar-refractivity contribution in [1.29, 1.82) is 5.41 Å². The van der Waals surface area contributed by atoms with Gasteiger partial charge in [-0.05, 0) is 80.9 Å². The molecule has 0 radical (unpaired) electrons. The molecule has 6 aromatic rings. The number of nitro benzene ring substituents is 3. The van der Waals surface area contributed by atoms with Crippen molar-refractivity contribution >= 4 is 122 Å². The second-order valence-electron chi connectivity index (χ2n) is 18.4. The summed E-state index contributed by atoms with van der Waals surface area (Å²) in [6.07, 6.45) is 5.23. The smallest absolute Gasteiger partial charge is 0.305 e. The number of amidine groups is 6. The predicted molar refractivity (Wildman–Crippen MR) is 412 cm³/mol. The van der Waals surface area contributed by atoms with Crippen LogP contribution in [0.1, 0.15) is 123 Å². The quantitative estimate of drug-likeness (QED) is 0.0170. The van der Waals surface area contributed by atoms with Crippen LogP contribution >= 0.6 is 0 Å². The summed E-state index contributed by atoms with van der Waals surface area (Å²) in [7, 11) is 3.77. The fourth-order valence-electron chi connectivity index (χ4n) is 7.82. The number of nitrogens with two attached hydrogens (primary N) is 6. The zero-order valence-corrected chi connectivity index (χ0v) is 60.9. The Kier molecular flexibility index (Phi) is 52.8. The molecule has 0 amide bonds. The van der Waals surface area contributed by atoms with E-state index in [4.69, 9.17) is 44.0 Å². The topological polar surface area (TPSA) is 478 Å². The molecule has 0 fully saturated rings. The number of likely N-dealkylation sites (N-methyl/N-ethyl adjacent to an activating group) is 2. The molecule has 29 nitrogen and oxygen atoms in total. The lowest BCUT2D eigenvalue weighted by atomic mass is 10.1. The molecule has 3 unspecified atom stereocenters. The number of hydrogen-bond donors (Lipinski definition) is 9. The van der Waals surface area contributed by atoms with Crippen molar-refractivity contribution < 1.29 is 43.4 Å². The number of hydrogen-bond acceptors (Lipinski definition) is 22. The van der Waals surface area contributed by atoms with E-state index < -0.39 is 38.1 Å². The Morgan fingerprint density at radius 3 is 1.27 bits per heavy atom. The molecule has 6 aromatic carbocycles. The summed E-state index contributed by atoms with van der Waals surface area (Å²) in [5.41, 5.74) is 37.8. The number of para-hydroxylation sites is 11. The number of nitrogens with one attached hydrogen (secondary N) is 2. The van der Waals surface area contributed by atoms with Gasteiger partial charge in [0, 0.05) is 38.7 Å². The lowest BCUT2D eigenvalue weighted by Gasteiger charge is -2.33. The molecule has 0 spiro atoms. The standard InChI is InChI=1S/C12H15N3O.C11H13N3O2.C10H11N3O2.C10H13N3.C8H7N3O3.C6H4FNO2.C2H4N2O.6C2H6/c1-8(16)7-11-12(13)14-9-5-3-4-6-10(9)15(11)2;1-14-8-5-3-2-4-7(8)13-11(12)9(14)6-10(15)16;1-2-5-10(11)12-8-6-3-4-7-9(8)13(14)15;1-2-7-10(11)13-9-6-4-3-5-8(9)12-7;9-8(5-12)10-6-3-1-2-4-7(6)11(13)14;7-5-3-1-2-4-6(5)8(9)10;3-2(4)1-5;6*1-2/h3-6,11H,7H2,1-2H3,(H2,13,14);2-5,9H,6H2,1H3,(H2,12,13)(H,15,16);2-7H,1H3,(H2,11,12);3-7,12H,2H2,1H3,(H2,11,13);1-5H,(H2,9,10);1-4H;1H,(H3,3,4);6*1-2H3/b;;5-2-;;;;;;;;;;. The van der Waals surface area contributed by atoms with Gasteiger partial charge in [0.2, 0.25) is 5.82 Å². The number of benzene rings is 6. The van der Waals surface area contributed by atoms with E-state index in [1.807, 2.05) is 180 Å². The van der Waals surface area contributed by atoms with Crippen LogP contribution in [0, 0.1) is 41.6 Å². The lowest BCUT2D eigenvalue weighted by Crippen LogP contribution is -2.46. The molecule has 550 valence electrons. The van der Waals surface area contributed by atoms with Gasteiger partial charge in [-0.3, -0.25) is 54.9 Å². The van der Waals surface area contributed by atoms with Gasteiger partial charge in [-0.1, -0.05) is 169 Å².